The van der Waals surface area contributed by atoms with Gasteiger partial charge in [-0.25, -0.2) is 4.98 Å². The Labute approximate surface area is 96.3 Å². The third kappa shape index (κ3) is 3.27. The van der Waals surface area contributed by atoms with E-state index in [0.717, 1.165) is 0 Å². The van der Waals surface area contributed by atoms with Crippen LogP contribution in [0.2, 0.25) is 0 Å². The lowest BCUT2D eigenvalue weighted by atomic mass is 10.1. The molecule has 1 aromatic heterocycles. The highest BCUT2D eigenvalue weighted by Crippen LogP contribution is 2.17. The standard InChI is InChI=1S/C10H11BrN2O2/c11-5-4-9(14)10(15)8-3-1-2-7(6-12)13-8/h1-3,9-10,14-15H,4-5H2. The Morgan fingerprint density at radius 2 is 2.20 bits per heavy atom. The zero-order valence-corrected chi connectivity index (χ0v) is 9.55. The minimum Gasteiger partial charge on any atom is -0.390 e. The quantitative estimate of drug-likeness (QED) is 0.805. The van der Waals surface area contributed by atoms with Crippen molar-refractivity contribution in [2.24, 2.45) is 0 Å². The molecule has 1 heterocycles. The van der Waals surface area contributed by atoms with Gasteiger partial charge in [-0.05, 0) is 18.6 Å². The van der Waals surface area contributed by atoms with Crippen LogP contribution in [0, 0.1) is 11.3 Å². The van der Waals surface area contributed by atoms with Crippen LogP contribution in [0.5, 0.6) is 0 Å². The predicted molar refractivity (Wildman–Crippen MR) is 58.3 cm³/mol. The first-order chi connectivity index (χ1) is 7.19. The van der Waals surface area contributed by atoms with Crippen LogP contribution in [-0.4, -0.2) is 26.6 Å². The Morgan fingerprint density at radius 3 is 2.80 bits per heavy atom. The average molecular weight is 271 g/mol. The van der Waals surface area contributed by atoms with Crippen LogP contribution >= 0.6 is 15.9 Å². The Kier molecular flexibility index (Phi) is 4.69. The van der Waals surface area contributed by atoms with Gasteiger partial charge in [0.2, 0.25) is 0 Å². The number of nitriles is 1. The molecule has 0 saturated heterocycles. The number of hydrogen-bond donors (Lipinski definition) is 2. The number of nitrogens with zero attached hydrogens (tertiary/aromatic N) is 2. The van der Waals surface area contributed by atoms with Crippen molar-refractivity contribution in [3.05, 3.63) is 29.6 Å². The monoisotopic (exact) mass is 270 g/mol. The molecule has 2 atom stereocenters. The molecule has 2 N–H and O–H groups in total. The second-order valence-corrected chi connectivity index (χ2v) is 3.84. The molecule has 5 heteroatoms. The smallest absolute Gasteiger partial charge is 0.140 e. The highest BCUT2D eigenvalue weighted by molar-refractivity contribution is 9.09. The molecule has 4 nitrogen and oxygen atoms in total. The highest BCUT2D eigenvalue weighted by atomic mass is 79.9. The molecule has 0 saturated carbocycles. The van der Waals surface area contributed by atoms with Gasteiger partial charge in [-0.3, -0.25) is 0 Å². The van der Waals surface area contributed by atoms with Crippen molar-refractivity contribution in [1.82, 2.24) is 4.98 Å². The molecule has 0 aliphatic rings. The Hall–Kier alpha value is -0.960. The lowest BCUT2D eigenvalue weighted by Crippen LogP contribution is -2.19. The Balaban J connectivity index is 2.82. The molecule has 0 bridgehead atoms. The molecular formula is C10H11BrN2O2. The largest absolute Gasteiger partial charge is 0.390 e. The van der Waals surface area contributed by atoms with E-state index < -0.39 is 12.2 Å². The number of aromatic nitrogens is 1. The van der Waals surface area contributed by atoms with Gasteiger partial charge >= 0.3 is 0 Å². The summed E-state index contributed by atoms with van der Waals surface area (Å²) in [5, 5.41) is 28.5. The molecule has 1 rings (SSSR count). The summed E-state index contributed by atoms with van der Waals surface area (Å²) in [4.78, 5) is 3.91. The summed E-state index contributed by atoms with van der Waals surface area (Å²) in [5.74, 6) is 0. The first-order valence-electron chi connectivity index (χ1n) is 4.48. The van der Waals surface area contributed by atoms with E-state index in [1.807, 2.05) is 6.07 Å². The molecule has 0 radical (unpaired) electrons. The summed E-state index contributed by atoms with van der Waals surface area (Å²) >= 11 is 3.18. The number of hydrogen-bond acceptors (Lipinski definition) is 4. The number of aliphatic hydroxyl groups is 2. The maximum atomic E-state index is 9.70. The molecular weight excluding hydrogens is 260 g/mol. The van der Waals surface area contributed by atoms with Gasteiger partial charge in [0.15, 0.2) is 0 Å². The second kappa shape index (κ2) is 5.81. The molecule has 2 unspecified atom stereocenters. The van der Waals surface area contributed by atoms with E-state index in [9.17, 15) is 10.2 Å². The van der Waals surface area contributed by atoms with Crippen LogP contribution in [0.3, 0.4) is 0 Å². The van der Waals surface area contributed by atoms with Gasteiger partial charge in [-0.2, -0.15) is 5.26 Å². The average Bonchev–Trinajstić information content (AvgIpc) is 2.28. The lowest BCUT2D eigenvalue weighted by Gasteiger charge is -2.16. The van der Waals surface area contributed by atoms with Crippen molar-refractivity contribution >= 4 is 15.9 Å². The summed E-state index contributed by atoms with van der Waals surface area (Å²) in [6.45, 7) is 0. The van der Waals surface area contributed by atoms with E-state index >= 15 is 0 Å². The number of halogens is 1. The van der Waals surface area contributed by atoms with Crippen molar-refractivity contribution in [2.75, 3.05) is 5.33 Å². The van der Waals surface area contributed by atoms with E-state index in [4.69, 9.17) is 5.26 Å². The van der Waals surface area contributed by atoms with E-state index in [0.29, 0.717) is 17.4 Å². The van der Waals surface area contributed by atoms with E-state index in [1.165, 1.54) is 0 Å². The molecule has 15 heavy (non-hydrogen) atoms. The first-order valence-corrected chi connectivity index (χ1v) is 5.60. The maximum absolute atomic E-state index is 9.70. The second-order valence-electron chi connectivity index (χ2n) is 3.05. The Bertz CT molecular complexity index is 365. The molecule has 0 spiro atoms. The van der Waals surface area contributed by atoms with E-state index in [1.54, 1.807) is 18.2 Å². The normalized spacial score (nSPS) is 14.3. The third-order valence-electron chi connectivity index (χ3n) is 1.96. The summed E-state index contributed by atoms with van der Waals surface area (Å²) in [6, 6.07) is 6.64. The Morgan fingerprint density at radius 1 is 1.47 bits per heavy atom. The minimum atomic E-state index is -1.05. The van der Waals surface area contributed by atoms with Crippen LogP contribution in [0.4, 0.5) is 0 Å². The topological polar surface area (TPSA) is 77.1 Å². The van der Waals surface area contributed by atoms with Crippen molar-refractivity contribution in [3.8, 4) is 6.07 Å². The van der Waals surface area contributed by atoms with Crippen LogP contribution in [0.1, 0.15) is 23.9 Å². The van der Waals surface area contributed by atoms with Gasteiger partial charge in [0.1, 0.15) is 17.9 Å². The van der Waals surface area contributed by atoms with Gasteiger partial charge < -0.3 is 10.2 Å². The predicted octanol–water partition coefficient (Wildman–Crippen LogP) is 1.13. The maximum Gasteiger partial charge on any atom is 0.140 e. The number of rotatable bonds is 4. The van der Waals surface area contributed by atoms with Crippen LogP contribution < -0.4 is 0 Å². The SMILES string of the molecule is N#Cc1cccc(C(O)C(O)CCBr)n1. The highest BCUT2D eigenvalue weighted by Gasteiger charge is 2.18. The van der Waals surface area contributed by atoms with E-state index in [2.05, 4.69) is 20.9 Å². The molecule has 0 aliphatic heterocycles. The summed E-state index contributed by atoms with van der Waals surface area (Å²) in [7, 11) is 0. The van der Waals surface area contributed by atoms with Crippen molar-refractivity contribution in [3.63, 3.8) is 0 Å². The first kappa shape index (κ1) is 12.1. The van der Waals surface area contributed by atoms with Gasteiger partial charge in [-0.15, -0.1) is 0 Å². The molecule has 0 aromatic carbocycles. The lowest BCUT2D eigenvalue weighted by molar-refractivity contribution is 0.0148. The van der Waals surface area contributed by atoms with Crippen molar-refractivity contribution in [1.29, 1.82) is 5.26 Å². The molecule has 0 aliphatic carbocycles. The molecule has 0 fully saturated rings. The number of alkyl halides is 1. The third-order valence-corrected chi connectivity index (χ3v) is 2.42. The van der Waals surface area contributed by atoms with Crippen molar-refractivity contribution in [2.45, 2.75) is 18.6 Å². The molecule has 0 amide bonds. The fraction of sp³-hybridized carbons (Fsp3) is 0.400. The van der Waals surface area contributed by atoms with E-state index in [-0.39, 0.29) is 5.69 Å². The number of pyridine rings is 1. The van der Waals surface area contributed by atoms with Crippen LogP contribution in [-0.2, 0) is 0 Å². The van der Waals surface area contributed by atoms with Gasteiger partial charge in [0, 0.05) is 5.33 Å². The fourth-order valence-electron chi connectivity index (χ4n) is 1.15. The van der Waals surface area contributed by atoms with Gasteiger partial charge in [-0.1, -0.05) is 22.0 Å². The molecule has 1 aromatic rings. The van der Waals surface area contributed by atoms with Crippen molar-refractivity contribution < 1.29 is 10.2 Å². The zero-order valence-electron chi connectivity index (χ0n) is 7.97. The summed E-state index contributed by atoms with van der Waals surface area (Å²) in [5.41, 5.74) is 0.556. The molecule has 80 valence electrons. The minimum absolute atomic E-state index is 0.234. The van der Waals surface area contributed by atoms with Gasteiger partial charge in [0.25, 0.3) is 0 Å². The fourth-order valence-corrected chi connectivity index (χ4v) is 1.61. The zero-order chi connectivity index (χ0) is 11.3. The number of aliphatic hydroxyl groups excluding tert-OH is 2. The van der Waals surface area contributed by atoms with Gasteiger partial charge in [0.05, 0.1) is 11.8 Å². The summed E-state index contributed by atoms with van der Waals surface area (Å²) in [6.07, 6.45) is -1.48. The van der Waals surface area contributed by atoms with Crippen LogP contribution in [0.15, 0.2) is 18.2 Å². The summed E-state index contributed by atoms with van der Waals surface area (Å²) < 4.78 is 0. The van der Waals surface area contributed by atoms with Crippen LogP contribution in [0.25, 0.3) is 0 Å².